The van der Waals surface area contributed by atoms with Gasteiger partial charge >= 0.3 is 0 Å². The number of amides is 1. The molecule has 2 saturated heterocycles. The van der Waals surface area contributed by atoms with E-state index in [0.717, 1.165) is 50.9 Å². The summed E-state index contributed by atoms with van der Waals surface area (Å²) in [7, 11) is 0. The van der Waals surface area contributed by atoms with Crippen LogP contribution in [0.1, 0.15) is 48.0 Å². The second kappa shape index (κ2) is 6.40. The third kappa shape index (κ3) is 3.21. The van der Waals surface area contributed by atoms with Crippen molar-refractivity contribution in [1.82, 2.24) is 4.90 Å². The standard InChI is InChI=1S/C17H23NO2/c19-17(18-10-2-1-3-11-18)15-8-6-14(7-9-15)13-16-5-4-12-20-16/h6-9,16H,1-5,10-13H2. The molecule has 2 fully saturated rings. The molecule has 0 radical (unpaired) electrons. The van der Waals surface area contributed by atoms with Crippen molar-refractivity contribution in [3.05, 3.63) is 35.4 Å². The zero-order chi connectivity index (χ0) is 13.8. The lowest BCUT2D eigenvalue weighted by Crippen LogP contribution is -2.35. The number of nitrogens with zero attached hydrogens (tertiary/aromatic N) is 1. The van der Waals surface area contributed by atoms with Gasteiger partial charge in [0.05, 0.1) is 6.10 Å². The van der Waals surface area contributed by atoms with Crippen LogP contribution in [0.2, 0.25) is 0 Å². The van der Waals surface area contributed by atoms with Crippen LogP contribution in [0.5, 0.6) is 0 Å². The van der Waals surface area contributed by atoms with Crippen LogP contribution in [0.3, 0.4) is 0 Å². The van der Waals surface area contributed by atoms with Crippen LogP contribution >= 0.6 is 0 Å². The lowest BCUT2D eigenvalue weighted by molar-refractivity contribution is 0.0724. The third-order valence-corrected chi connectivity index (χ3v) is 4.33. The van der Waals surface area contributed by atoms with Gasteiger partial charge in [0.1, 0.15) is 0 Å². The number of carbonyl (C=O) groups excluding carboxylic acids is 1. The molecule has 108 valence electrons. The Kier molecular flexibility index (Phi) is 4.36. The summed E-state index contributed by atoms with van der Waals surface area (Å²) in [5.41, 5.74) is 2.09. The lowest BCUT2D eigenvalue weighted by atomic mass is 10.0. The number of benzene rings is 1. The minimum Gasteiger partial charge on any atom is -0.378 e. The number of likely N-dealkylation sites (tertiary alicyclic amines) is 1. The van der Waals surface area contributed by atoms with Crippen LogP contribution in [-0.4, -0.2) is 36.6 Å². The van der Waals surface area contributed by atoms with Gasteiger partial charge in [0.15, 0.2) is 0 Å². The number of ether oxygens (including phenoxy) is 1. The van der Waals surface area contributed by atoms with Crippen LogP contribution in [0, 0.1) is 0 Å². The van der Waals surface area contributed by atoms with Crippen molar-refractivity contribution in [2.24, 2.45) is 0 Å². The molecule has 20 heavy (non-hydrogen) atoms. The van der Waals surface area contributed by atoms with E-state index in [9.17, 15) is 4.79 Å². The molecular weight excluding hydrogens is 250 g/mol. The highest BCUT2D eigenvalue weighted by Crippen LogP contribution is 2.18. The Morgan fingerprint density at radius 1 is 1.10 bits per heavy atom. The first-order valence-corrected chi connectivity index (χ1v) is 7.83. The SMILES string of the molecule is O=C(c1ccc(CC2CCCO2)cc1)N1CCCCC1. The molecule has 0 aromatic heterocycles. The van der Waals surface area contributed by atoms with Gasteiger partial charge in [0.25, 0.3) is 5.91 Å². The minimum atomic E-state index is 0.188. The Hall–Kier alpha value is -1.35. The Morgan fingerprint density at radius 3 is 2.50 bits per heavy atom. The van der Waals surface area contributed by atoms with E-state index in [1.54, 1.807) is 0 Å². The summed E-state index contributed by atoms with van der Waals surface area (Å²) in [6.07, 6.45) is 7.22. The minimum absolute atomic E-state index is 0.188. The smallest absolute Gasteiger partial charge is 0.253 e. The molecule has 1 amide bonds. The fourth-order valence-electron chi connectivity index (χ4n) is 3.13. The maximum atomic E-state index is 12.4. The molecule has 2 aliphatic rings. The fourth-order valence-corrected chi connectivity index (χ4v) is 3.13. The topological polar surface area (TPSA) is 29.5 Å². The van der Waals surface area contributed by atoms with Crippen molar-refractivity contribution in [3.63, 3.8) is 0 Å². The zero-order valence-corrected chi connectivity index (χ0v) is 12.0. The van der Waals surface area contributed by atoms with Gasteiger partial charge in [0, 0.05) is 25.3 Å². The van der Waals surface area contributed by atoms with Crippen molar-refractivity contribution in [2.45, 2.75) is 44.6 Å². The quantitative estimate of drug-likeness (QED) is 0.847. The van der Waals surface area contributed by atoms with E-state index in [4.69, 9.17) is 4.74 Å². The van der Waals surface area contributed by atoms with Gasteiger partial charge in [-0.2, -0.15) is 0 Å². The van der Waals surface area contributed by atoms with Crippen LogP contribution in [0.15, 0.2) is 24.3 Å². The van der Waals surface area contributed by atoms with Gasteiger partial charge < -0.3 is 9.64 Å². The van der Waals surface area contributed by atoms with Crippen molar-refractivity contribution >= 4 is 5.91 Å². The van der Waals surface area contributed by atoms with Crippen LogP contribution in [0.25, 0.3) is 0 Å². The molecule has 3 nitrogen and oxygen atoms in total. The van der Waals surface area contributed by atoms with Crippen molar-refractivity contribution in [3.8, 4) is 0 Å². The summed E-state index contributed by atoms with van der Waals surface area (Å²) >= 11 is 0. The number of rotatable bonds is 3. The first kappa shape index (κ1) is 13.6. The first-order chi connectivity index (χ1) is 9.83. The molecule has 1 aromatic carbocycles. The summed E-state index contributed by atoms with van der Waals surface area (Å²) in [5, 5.41) is 0. The molecule has 1 unspecified atom stereocenters. The second-order valence-corrected chi connectivity index (χ2v) is 5.89. The van der Waals surface area contributed by atoms with E-state index in [-0.39, 0.29) is 5.91 Å². The van der Waals surface area contributed by atoms with Crippen molar-refractivity contribution in [2.75, 3.05) is 19.7 Å². The summed E-state index contributed by atoms with van der Waals surface area (Å²) in [4.78, 5) is 14.3. The molecule has 2 heterocycles. The lowest BCUT2D eigenvalue weighted by Gasteiger charge is -2.26. The largest absolute Gasteiger partial charge is 0.378 e. The number of carbonyl (C=O) groups is 1. The van der Waals surface area contributed by atoms with Crippen LogP contribution in [-0.2, 0) is 11.2 Å². The van der Waals surface area contributed by atoms with Gasteiger partial charge in [-0.05, 0) is 56.2 Å². The van der Waals surface area contributed by atoms with Crippen LogP contribution in [0.4, 0.5) is 0 Å². The maximum Gasteiger partial charge on any atom is 0.253 e. The average molecular weight is 273 g/mol. The predicted octanol–water partition coefficient (Wildman–Crippen LogP) is 3.03. The Balaban J connectivity index is 1.61. The molecule has 0 bridgehead atoms. The Morgan fingerprint density at radius 2 is 1.85 bits per heavy atom. The van der Waals surface area contributed by atoms with Gasteiger partial charge in [-0.3, -0.25) is 4.79 Å². The van der Waals surface area contributed by atoms with Gasteiger partial charge in [0.2, 0.25) is 0 Å². The number of hydrogen-bond donors (Lipinski definition) is 0. The fraction of sp³-hybridized carbons (Fsp3) is 0.588. The zero-order valence-electron chi connectivity index (χ0n) is 12.0. The van der Waals surface area contributed by atoms with E-state index in [1.165, 1.54) is 18.4 Å². The van der Waals surface area contributed by atoms with Gasteiger partial charge in [-0.15, -0.1) is 0 Å². The highest BCUT2D eigenvalue weighted by molar-refractivity contribution is 5.94. The molecule has 0 saturated carbocycles. The predicted molar refractivity (Wildman–Crippen MR) is 78.9 cm³/mol. The summed E-state index contributed by atoms with van der Waals surface area (Å²) in [6.45, 7) is 2.73. The molecule has 3 rings (SSSR count). The van der Waals surface area contributed by atoms with E-state index in [2.05, 4.69) is 12.1 Å². The van der Waals surface area contributed by atoms with E-state index in [0.29, 0.717) is 6.10 Å². The summed E-state index contributed by atoms with van der Waals surface area (Å²) < 4.78 is 5.65. The molecule has 1 atom stereocenters. The summed E-state index contributed by atoms with van der Waals surface area (Å²) in [6, 6.07) is 8.11. The maximum absolute atomic E-state index is 12.4. The third-order valence-electron chi connectivity index (χ3n) is 4.33. The van der Waals surface area contributed by atoms with Crippen molar-refractivity contribution in [1.29, 1.82) is 0 Å². The van der Waals surface area contributed by atoms with Crippen molar-refractivity contribution < 1.29 is 9.53 Å². The normalized spacial score (nSPS) is 23.0. The molecular formula is C17H23NO2. The molecule has 1 aromatic rings. The Bertz CT molecular complexity index is 443. The number of piperidine rings is 1. The molecule has 0 N–H and O–H groups in total. The van der Waals surface area contributed by atoms with Crippen LogP contribution < -0.4 is 0 Å². The second-order valence-electron chi connectivity index (χ2n) is 5.89. The molecule has 2 aliphatic heterocycles. The molecule has 3 heteroatoms. The average Bonchev–Trinajstić information content (AvgIpc) is 3.01. The highest BCUT2D eigenvalue weighted by Gasteiger charge is 2.19. The van der Waals surface area contributed by atoms with Gasteiger partial charge in [-0.1, -0.05) is 12.1 Å². The Labute approximate surface area is 120 Å². The van der Waals surface area contributed by atoms with E-state index < -0.39 is 0 Å². The van der Waals surface area contributed by atoms with E-state index in [1.807, 2.05) is 17.0 Å². The summed E-state index contributed by atoms with van der Waals surface area (Å²) in [5.74, 6) is 0.188. The molecule has 0 spiro atoms. The monoisotopic (exact) mass is 273 g/mol. The first-order valence-electron chi connectivity index (χ1n) is 7.83. The molecule has 0 aliphatic carbocycles. The van der Waals surface area contributed by atoms with E-state index >= 15 is 0 Å². The van der Waals surface area contributed by atoms with Gasteiger partial charge in [-0.25, -0.2) is 0 Å². The highest BCUT2D eigenvalue weighted by atomic mass is 16.5. The number of hydrogen-bond acceptors (Lipinski definition) is 2.